The summed E-state index contributed by atoms with van der Waals surface area (Å²) in [6.45, 7) is 22.4. The summed E-state index contributed by atoms with van der Waals surface area (Å²) in [6, 6.07) is 9.32. The Morgan fingerprint density at radius 3 is 2.29 bits per heavy atom. The van der Waals surface area contributed by atoms with Gasteiger partial charge in [-0.3, -0.25) is 14.4 Å². The molecule has 0 radical (unpaired) electrons. The average Bonchev–Trinajstić information content (AvgIpc) is 3.45. The van der Waals surface area contributed by atoms with Crippen molar-refractivity contribution in [2.45, 2.75) is 125 Å². The number of aryl methyl sites for hydroxylation is 1. The zero-order chi connectivity index (χ0) is 38.7. The maximum absolute atomic E-state index is 14.4. The van der Waals surface area contributed by atoms with Gasteiger partial charge in [0, 0.05) is 24.9 Å². The Hall–Kier alpha value is -3.96. The minimum absolute atomic E-state index is 0.0339. The molecular formula is C41H59N3O7Si. The number of allylic oxidation sites excluding steroid dienone is 1. The summed E-state index contributed by atoms with van der Waals surface area (Å²) < 4.78 is 13.0. The Kier molecular flexibility index (Phi) is 12.8. The van der Waals surface area contributed by atoms with Gasteiger partial charge in [-0.25, -0.2) is 9.69 Å². The largest absolute Gasteiger partial charge is 0.508 e. The van der Waals surface area contributed by atoms with Gasteiger partial charge < -0.3 is 24.5 Å². The van der Waals surface area contributed by atoms with Gasteiger partial charge in [0.1, 0.15) is 12.4 Å². The van der Waals surface area contributed by atoms with Gasteiger partial charge >= 0.3 is 6.09 Å². The molecule has 4 rings (SSSR count). The summed E-state index contributed by atoms with van der Waals surface area (Å²) in [5.74, 6) is -0.300. The lowest BCUT2D eigenvalue weighted by molar-refractivity contribution is -0.130. The van der Waals surface area contributed by atoms with Gasteiger partial charge in [-0.15, -0.1) is 0 Å². The summed E-state index contributed by atoms with van der Waals surface area (Å²) in [5.41, 5.74) is 2.59. The van der Waals surface area contributed by atoms with Gasteiger partial charge in [0.2, 0.25) is 5.91 Å². The molecule has 2 aromatic carbocycles. The fourth-order valence-electron chi connectivity index (χ4n) is 6.83. The second-order valence-corrected chi connectivity index (χ2v) is 21.1. The number of carbonyl (C=O) groups is 4. The first-order valence-electron chi connectivity index (χ1n) is 18.6. The third-order valence-corrected chi connectivity index (χ3v) is 15.5. The molecule has 0 saturated carbocycles. The Bertz CT molecular complexity index is 1660. The fraction of sp³-hybridized carbons (Fsp3) is 0.561. The van der Waals surface area contributed by atoms with Crippen molar-refractivity contribution in [3.05, 3.63) is 70.8 Å². The summed E-state index contributed by atoms with van der Waals surface area (Å²) in [4.78, 5) is 57.5. The summed E-state index contributed by atoms with van der Waals surface area (Å²) in [7, 11) is -2.53. The van der Waals surface area contributed by atoms with Gasteiger partial charge in [-0.1, -0.05) is 78.0 Å². The molecule has 2 aliphatic rings. The number of aromatic hydroxyl groups is 1. The van der Waals surface area contributed by atoms with Crippen LogP contribution in [-0.2, 0) is 31.8 Å². The standard InChI is InChI=1S/C41H59N3O7Si/c1-12-14-30-20-34-39(51-52(10,11)41(7,8)9)44(33-22-35(45)26(5)19-32(33)38(48)43(34)23-30)40(49)50-24-29-17-15-28(16-18-29)21-36(46)27(6)42-37(47)31(13-2)25(3)4/h12,14-19,22,25,27,30-31,34,39,45H,13,20-21,23-24H2,1-11H3,(H,42,47)/b14-12+/t27-,30?,31-,34-,39-/m0/s1. The summed E-state index contributed by atoms with van der Waals surface area (Å²) in [5, 5.41) is 13.5. The van der Waals surface area contributed by atoms with Crippen molar-refractivity contribution in [3.63, 3.8) is 0 Å². The minimum atomic E-state index is -2.53. The average molecular weight is 734 g/mol. The zero-order valence-electron chi connectivity index (χ0n) is 32.9. The maximum Gasteiger partial charge on any atom is 0.416 e. The highest BCUT2D eigenvalue weighted by Crippen LogP contribution is 2.44. The Morgan fingerprint density at radius 1 is 1.08 bits per heavy atom. The van der Waals surface area contributed by atoms with E-state index in [1.807, 2.05) is 62.9 Å². The molecule has 1 saturated heterocycles. The Balaban J connectivity index is 1.59. The van der Waals surface area contributed by atoms with E-state index in [2.05, 4.69) is 45.3 Å². The molecule has 0 spiro atoms. The highest BCUT2D eigenvalue weighted by atomic mass is 28.4. The zero-order valence-corrected chi connectivity index (χ0v) is 33.9. The number of rotatable bonds is 12. The number of fused-ring (bicyclic) bond motifs is 2. The van der Waals surface area contributed by atoms with E-state index < -0.39 is 32.7 Å². The molecule has 0 bridgehead atoms. The van der Waals surface area contributed by atoms with Gasteiger partial charge in [-0.05, 0) is 86.3 Å². The molecule has 5 atom stereocenters. The van der Waals surface area contributed by atoms with Crippen molar-refractivity contribution in [1.82, 2.24) is 10.2 Å². The van der Waals surface area contributed by atoms with Crippen LogP contribution < -0.4 is 10.2 Å². The third-order valence-electron chi connectivity index (χ3n) is 11.1. The van der Waals surface area contributed by atoms with Crippen molar-refractivity contribution in [2.75, 3.05) is 11.4 Å². The number of nitrogens with zero attached hydrogens (tertiary/aromatic N) is 2. The van der Waals surface area contributed by atoms with Crippen molar-refractivity contribution in [3.8, 4) is 5.75 Å². The number of carbonyl (C=O) groups excluding carboxylic acids is 4. The molecule has 2 N–H and O–H groups in total. The normalized spacial score (nSPS) is 20.4. The van der Waals surface area contributed by atoms with Crippen LogP contribution in [0.1, 0.15) is 95.3 Å². The van der Waals surface area contributed by atoms with Crippen LogP contribution >= 0.6 is 0 Å². The highest BCUT2D eigenvalue weighted by molar-refractivity contribution is 6.74. The lowest BCUT2D eigenvalue weighted by Crippen LogP contribution is -2.58. The summed E-state index contributed by atoms with van der Waals surface area (Å²) in [6.07, 6.45) is 4.02. The highest BCUT2D eigenvalue weighted by Gasteiger charge is 2.52. The number of phenols is 1. The van der Waals surface area contributed by atoms with Crippen LogP contribution in [-0.4, -0.2) is 66.9 Å². The van der Waals surface area contributed by atoms with Gasteiger partial charge in [0.05, 0.1) is 23.3 Å². The molecule has 284 valence electrons. The number of ether oxygens (including phenoxy) is 1. The number of hydrogen-bond acceptors (Lipinski definition) is 7. The molecule has 11 heteroatoms. The molecule has 2 aliphatic heterocycles. The number of anilines is 1. The fourth-order valence-corrected chi connectivity index (χ4v) is 8.05. The van der Waals surface area contributed by atoms with Gasteiger partial charge in [0.25, 0.3) is 5.91 Å². The topological polar surface area (TPSA) is 125 Å². The lowest BCUT2D eigenvalue weighted by Gasteiger charge is -2.44. The number of amides is 3. The Labute approximate surface area is 311 Å². The smallest absolute Gasteiger partial charge is 0.416 e. The molecule has 0 aromatic heterocycles. The third kappa shape index (κ3) is 8.97. The van der Waals surface area contributed by atoms with E-state index in [0.717, 1.165) is 5.56 Å². The first-order chi connectivity index (χ1) is 24.3. The molecule has 52 heavy (non-hydrogen) atoms. The van der Waals surface area contributed by atoms with Crippen LogP contribution in [0.15, 0.2) is 48.6 Å². The SMILES string of the molecule is C/C=C/C1C[C@H]2[C@H](O[Si](C)(C)C(C)(C)C)N(C(=O)OCc3ccc(CC(=O)[C@H](C)NC(=O)[C@@H](CC)C(C)C)cc3)c3cc(O)c(C)cc3C(=O)N2C1. The first-order valence-corrected chi connectivity index (χ1v) is 21.5. The molecule has 0 aliphatic carbocycles. The van der Waals surface area contributed by atoms with Gasteiger partial charge in [-0.2, -0.15) is 0 Å². The number of Topliss-reactive ketones (excluding diaryl/α,β-unsaturated/α-hetero) is 1. The van der Waals surface area contributed by atoms with Crippen LogP contribution in [0.3, 0.4) is 0 Å². The van der Waals surface area contributed by atoms with E-state index in [-0.39, 0.29) is 64.9 Å². The number of benzene rings is 2. The number of nitrogens with one attached hydrogen (secondary N) is 1. The molecular weight excluding hydrogens is 675 g/mol. The van der Waals surface area contributed by atoms with Crippen molar-refractivity contribution >= 4 is 37.7 Å². The second kappa shape index (κ2) is 16.4. The van der Waals surface area contributed by atoms with Crippen molar-refractivity contribution in [1.29, 1.82) is 0 Å². The van der Waals surface area contributed by atoms with Crippen LogP contribution in [0, 0.1) is 24.7 Å². The number of phenolic OH excluding ortho intramolecular Hbond substituents is 1. The van der Waals surface area contributed by atoms with E-state index in [1.54, 1.807) is 19.9 Å². The Morgan fingerprint density at radius 2 is 1.71 bits per heavy atom. The monoisotopic (exact) mass is 733 g/mol. The molecule has 1 fully saturated rings. The van der Waals surface area contributed by atoms with E-state index in [9.17, 15) is 24.3 Å². The lowest BCUT2D eigenvalue weighted by atomic mass is 9.92. The van der Waals surface area contributed by atoms with Crippen molar-refractivity contribution < 1.29 is 33.4 Å². The molecule has 10 nitrogen and oxygen atoms in total. The van der Waals surface area contributed by atoms with Gasteiger partial charge in [0.15, 0.2) is 20.3 Å². The van der Waals surface area contributed by atoms with Crippen molar-refractivity contribution in [2.24, 2.45) is 17.8 Å². The molecule has 2 aromatic rings. The van der Waals surface area contributed by atoms with Crippen LogP contribution in [0.4, 0.5) is 10.5 Å². The molecule has 3 amide bonds. The van der Waals surface area contributed by atoms with Crippen LogP contribution in [0.5, 0.6) is 5.75 Å². The van der Waals surface area contributed by atoms with E-state index in [4.69, 9.17) is 9.16 Å². The summed E-state index contributed by atoms with van der Waals surface area (Å²) >= 11 is 0. The van der Waals surface area contributed by atoms with E-state index in [1.165, 1.54) is 11.0 Å². The quantitative estimate of drug-likeness (QED) is 0.168. The number of hydrogen-bond donors (Lipinski definition) is 2. The maximum atomic E-state index is 14.4. The second-order valence-electron chi connectivity index (χ2n) is 16.3. The van der Waals surface area contributed by atoms with Crippen LogP contribution in [0.25, 0.3) is 0 Å². The molecule has 2 heterocycles. The molecule has 1 unspecified atom stereocenters. The van der Waals surface area contributed by atoms with E-state index in [0.29, 0.717) is 36.1 Å². The predicted octanol–water partition coefficient (Wildman–Crippen LogP) is 7.91. The minimum Gasteiger partial charge on any atom is -0.508 e. The first kappa shape index (κ1) is 40.8. The van der Waals surface area contributed by atoms with E-state index >= 15 is 0 Å². The number of ketones is 1. The predicted molar refractivity (Wildman–Crippen MR) is 207 cm³/mol. The van der Waals surface area contributed by atoms with Crippen LogP contribution in [0.2, 0.25) is 18.1 Å².